The number of likely N-dealkylation sites (tertiary alicyclic amines) is 1. The van der Waals surface area contributed by atoms with Crippen LogP contribution in [0.4, 0.5) is 4.79 Å². The number of rotatable bonds is 4. The Kier molecular flexibility index (Phi) is 4.60. The van der Waals surface area contributed by atoms with E-state index in [1.807, 2.05) is 24.2 Å². The number of nitrogens with one attached hydrogen (secondary N) is 1. The lowest BCUT2D eigenvalue weighted by Crippen LogP contribution is -2.44. The molecule has 1 fully saturated rings. The molecule has 1 aliphatic rings. The van der Waals surface area contributed by atoms with Gasteiger partial charge in [0.1, 0.15) is 5.82 Å². The minimum Gasteiger partial charge on any atom is -0.335 e. The van der Waals surface area contributed by atoms with Crippen molar-refractivity contribution >= 4 is 6.03 Å². The van der Waals surface area contributed by atoms with E-state index in [4.69, 9.17) is 0 Å². The highest BCUT2D eigenvalue weighted by molar-refractivity contribution is 5.74. The van der Waals surface area contributed by atoms with Crippen LogP contribution in [0.5, 0.6) is 0 Å². The lowest BCUT2D eigenvalue weighted by molar-refractivity contribution is 0.166. The molecule has 0 unspecified atom stereocenters. The molecule has 0 aliphatic carbocycles. The molecule has 5 nitrogen and oxygen atoms in total. The Hall–Kier alpha value is -1.78. The largest absolute Gasteiger partial charge is 0.335 e. The van der Waals surface area contributed by atoms with Gasteiger partial charge in [-0.1, -0.05) is 6.08 Å². The zero-order valence-corrected chi connectivity index (χ0v) is 11.5. The number of hydrogen-bond acceptors (Lipinski definition) is 2. The third kappa shape index (κ3) is 3.59. The van der Waals surface area contributed by atoms with Crippen LogP contribution in [-0.2, 0) is 6.54 Å². The number of carbonyl (C=O) groups excluding carboxylic acids is 1. The highest BCUT2D eigenvalue weighted by Gasteiger charge is 2.22. The summed E-state index contributed by atoms with van der Waals surface area (Å²) in [7, 11) is 0. The third-order valence-corrected chi connectivity index (χ3v) is 3.68. The zero-order valence-electron chi connectivity index (χ0n) is 11.5. The first-order chi connectivity index (χ1) is 9.20. The van der Waals surface area contributed by atoms with E-state index >= 15 is 0 Å². The van der Waals surface area contributed by atoms with Crippen LogP contribution in [-0.4, -0.2) is 40.1 Å². The fraction of sp³-hybridized carbons (Fsp3) is 0.571. The van der Waals surface area contributed by atoms with E-state index < -0.39 is 0 Å². The smallest absolute Gasteiger partial charge is 0.317 e. The van der Waals surface area contributed by atoms with E-state index in [9.17, 15) is 4.79 Å². The molecule has 0 atom stereocenters. The first-order valence-electron chi connectivity index (χ1n) is 6.82. The van der Waals surface area contributed by atoms with E-state index in [0.717, 1.165) is 38.3 Å². The minimum atomic E-state index is 0.0251. The lowest BCUT2D eigenvalue weighted by atomic mass is 9.97. The molecule has 2 amide bonds. The Balaban J connectivity index is 1.78. The van der Waals surface area contributed by atoms with Crippen LogP contribution in [0.3, 0.4) is 0 Å². The molecule has 2 rings (SSSR count). The summed E-state index contributed by atoms with van der Waals surface area (Å²) < 4.78 is 2.19. The van der Waals surface area contributed by atoms with Crippen LogP contribution >= 0.6 is 0 Å². The summed E-state index contributed by atoms with van der Waals surface area (Å²) in [4.78, 5) is 17.9. The van der Waals surface area contributed by atoms with Crippen molar-refractivity contribution in [1.29, 1.82) is 0 Å². The van der Waals surface area contributed by atoms with Gasteiger partial charge in [0.05, 0.1) is 0 Å². The van der Waals surface area contributed by atoms with Crippen LogP contribution in [0.25, 0.3) is 0 Å². The molecule has 1 N–H and O–H groups in total. The normalized spacial score (nSPS) is 16.4. The number of imidazole rings is 1. The van der Waals surface area contributed by atoms with Gasteiger partial charge in [-0.15, -0.1) is 6.58 Å². The van der Waals surface area contributed by atoms with E-state index in [1.54, 1.807) is 6.08 Å². The summed E-state index contributed by atoms with van der Waals surface area (Å²) in [5.41, 5.74) is 0. The van der Waals surface area contributed by atoms with Gasteiger partial charge in [-0.25, -0.2) is 9.78 Å². The van der Waals surface area contributed by atoms with Crippen LogP contribution in [0.2, 0.25) is 0 Å². The Morgan fingerprint density at radius 1 is 1.58 bits per heavy atom. The van der Waals surface area contributed by atoms with Gasteiger partial charge >= 0.3 is 6.03 Å². The maximum Gasteiger partial charge on any atom is 0.317 e. The van der Waals surface area contributed by atoms with Crippen LogP contribution in [0.1, 0.15) is 18.7 Å². The predicted molar refractivity (Wildman–Crippen MR) is 74.9 cm³/mol. The second-order valence-corrected chi connectivity index (χ2v) is 5.03. The number of piperidine rings is 1. The Labute approximate surface area is 114 Å². The van der Waals surface area contributed by atoms with E-state index in [1.165, 1.54) is 0 Å². The average Bonchev–Trinajstić information content (AvgIpc) is 2.82. The number of aryl methyl sites for hydroxylation is 1. The molecule has 19 heavy (non-hydrogen) atoms. The molecule has 0 saturated carbocycles. The summed E-state index contributed by atoms with van der Waals surface area (Å²) >= 11 is 0. The molecule has 104 valence electrons. The van der Waals surface area contributed by atoms with Crippen LogP contribution in [0.15, 0.2) is 25.0 Å². The monoisotopic (exact) mass is 262 g/mol. The fourth-order valence-corrected chi connectivity index (χ4v) is 2.46. The van der Waals surface area contributed by atoms with Crippen LogP contribution in [0, 0.1) is 12.8 Å². The molecular formula is C14H22N4O. The number of aromatic nitrogens is 2. The van der Waals surface area contributed by atoms with Crippen molar-refractivity contribution in [1.82, 2.24) is 19.8 Å². The number of nitrogens with zero attached hydrogens (tertiary/aromatic N) is 3. The Morgan fingerprint density at radius 3 is 2.89 bits per heavy atom. The molecule has 2 heterocycles. The van der Waals surface area contributed by atoms with Gasteiger partial charge in [0, 0.05) is 38.6 Å². The van der Waals surface area contributed by atoms with Gasteiger partial charge in [-0.3, -0.25) is 0 Å². The van der Waals surface area contributed by atoms with Crippen molar-refractivity contribution in [2.45, 2.75) is 26.3 Å². The molecule has 0 bridgehead atoms. The summed E-state index contributed by atoms with van der Waals surface area (Å²) in [6.07, 6.45) is 7.68. The Morgan fingerprint density at radius 2 is 2.32 bits per heavy atom. The maximum absolute atomic E-state index is 11.8. The summed E-state index contributed by atoms with van der Waals surface area (Å²) in [6.45, 7) is 8.84. The van der Waals surface area contributed by atoms with E-state index in [2.05, 4.69) is 21.4 Å². The van der Waals surface area contributed by atoms with Crippen molar-refractivity contribution < 1.29 is 4.79 Å². The standard InChI is InChI=1S/C14H22N4O/c1-3-6-16-14(19)17-8-4-13(5-9-17)11-18-10-7-15-12(18)2/h3,7,10,13H,1,4-6,8-9,11H2,2H3,(H,16,19). The van der Waals surface area contributed by atoms with Crippen molar-refractivity contribution in [3.8, 4) is 0 Å². The predicted octanol–water partition coefficient (Wildman–Crippen LogP) is 1.80. The van der Waals surface area contributed by atoms with Gasteiger partial charge in [0.25, 0.3) is 0 Å². The molecule has 1 saturated heterocycles. The summed E-state index contributed by atoms with van der Waals surface area (Å²) in [5, 5.41) is 2.83. The number of urea groups is 1. The molecule has 0 spiro atoms. The first-order valence-corrected chi connectivity index (χ1v) is 6.82. The number of amides is 2. The quantitative estimate of drug-likeness (QED) is 0.841. The van der Waals surface area contributed by atoms with Gasteiger partial charge in [-0.2, -0.15) is 0 Å². The highest BCUT2D eigenvalue weighted by atomic mass is 16.2. The van der Waals surface area contributed by atoms with Crippen molar-refractivity contribution in [2.75, 3.05) is 19.6 Å². The lowest BCUT2D eigenvalue weighted by Gasteiger charge is -2.32. The minimum absolute atomic E-state index is 0.0251. The SMILES string of the molecule is C=CCNC(=O)N1CCC(Cn2ccnc2C)CC1. The van der Waals surface area contributed by atoms with Crippen molar-refractivity contribution in [3.63, 3.8) is 0 Å². The average molecular weight is 262 g/mol. The summed E-state index contributed by atoms with van der Waals surface area (Å²) in [5.74, 6) is 1.70. The molecule has 1 aromatic rings. The molecule has 1 aromatic heterocycles. The van der Waals surface area contributed by atoms with Crippen molar-refractivity contribution in [3.05, 3.63) is 30.9 Å². The van der Waals surface area contributed by atoms with Gasteiger partial charge in [-0.05, 0) is 25.7 Å². The first kappa shape index (κ1) is 13.6. The van der Waals surface area contributed by atoms with Gasteiger partial charge in [0.2, 0.25) is 0 Å². The third-order valence-electron chi connectivity index (χ3n) is 3.68. The maximum atomic E-state index is 11.8. The molecule has 1 aliphatic heterocycles. The molecule has 0 aromatic carbocycles. The fourth-order valence-electron chi connectivity index (χ4n) is 2.46. The van der Waals surface area contributed by atoms with E-state index in [-0.39, 0.29) is 6.03 Å². The molecule has 0 radical (unpaired) electrons. The van der Waals surface area contributed by atoms with Gasteiger partial charge in [0.15, 0.2) is 0 Å². The second-order valence-electron chi connectivity index (χ2n) is 5.03. The number of hydrogen-bond donors (Lipinski definition) is 1. The highest BCUT2D eigenvalue weighted by Crippen LogP contribution is 2.19. The second kappa shape index (κ2) is 6.41. The zero-order chi connectivity index (χ0) is 13.7. The van der Waals surface area contributed by atoms with Gasteiger partial charge < -0.3 is 14.8 Å². The van der Waals surface area contributed by atoms with E-state index in [0.29, 0.717) is 12.5 Å². The molecular weight excluding hydrogens is 240 g/mol. The number of carbonyl (C=O) groups is 1. The summed E-state index contributed by atoms with van der Waals surface area (Å²) in [6, 6.07) is 0.0251. The van der Waals surface area contributed by atoms with Crippen LogP contribution < -0.4 is 5.32 Å². The topological polar surface area (TPSA) is 50.2 Å². The Bertz CT molecular complexity index is 432. The van der Waals surface area contributed by atoms with Crippen molar-refractivity contribution in [2.24, 2.45) is 5.92 Å². The molecule has 5 heteroatoms.